The van der Waals surface area contributed by atoms with E-state index in [1.165, 1.54) is 6.42 Å². The minimum absolute atomic E-state index is 0. The van der Waals surface area contributed by atoms with Crippen LogP contribution in [-0.4, -0.2) is 60.5 Å². The van der Waals surface area contributed by atoms with E-state index in [0.29, 0.717) is 23.9 Å². The number of nitrogens with one attached hydrogen (secondary N) is 2. The Hall–Kier alpha value is -0.960. The van der Waals surface area contributed by atoms with Gasteiger partial charge in [-0.25, -0.2) is 0 Å². The molecule has 2 N–H and O–H groups in total. The van der Waals surface area contributed by atoms with Crippen LogP contribution in [0.4, 0.5) is 0 Å². The number of benzene rings is 1. The van der Waals surface area contributed by atoms with Crippen LogP contribution in [0.5, 0.6) is 0 Å². The van der Waals surface area contributed by atoms with Gasteiger partial charge in [-0.15, -0.1) is 24.0 Å². The van der Waals surface area contributed by atoms with E-state index in [4.69, 9.17) is 4.99 Å². The van der Waals surface area contributed by atoms with E-state index in [2.05, 4.69) is 41.1 Å². The van der Waals surface area contributed by atoms with Gasteiger partial charge in [0.15, 0.2) is 5.96 Å². The monoisotopic (exact) mass is 490 g/mol. The van der Waals surface area contributed by atoms with Crippen LogP contribution < -0.4 is 10.6 Å². The highest BCUT2D eigenvalue weighted by atomic mass is 127. The summed E-state index contributed by atoms with van der Waals surface area (Å²) >= 11 is 2.05. The maximum atomic E-state index is 12.2. The molecule has 1 unspecified atom stereocenters. The molecule has 1 heterocycles. The average molecular weight is 490 g/mol. The molecule has 1 aliphatic rings. The third kappa shape index (κ3) is 7.34. The molecule has 7 heteroatoms. The molecule has 2 rings (SSSR count). The Morgan fingerprint density at radius 3 is 2.85 bits per heavy atom. The molecule has 1 amide bonds. The van der Waals surface area contributed by atoms with Crippen molar-refractivity contribution in [1.82, 2.24) is 15.5 Å². The fourth-order valence-corrected chi connectivity index (χ4v) is 3.98. The predicted octanol–water partition coefficient (Wildman–Crippen LogP) is 3.14. The molecular formula is C19H31IN4OS. The zero-order chi connectivity index (χ0) is 18.1. The normalized spacial score (nSPS) is 17.4. The Bertz CT molecular complexity index is 597. The molecule has 0 saturated carbocycles. The van der Waals surface area contributed by atoms with Crippen molar-refractivity contribution in [1.29, 1.82) is 0 Å². The van der Waals surface area contributed by atoms with E-state index in [9.17, 15) is 4.79 Å². The number of aliphatic imine (C=N–C) groups is 1. The van der Waals surface area contributed by atoms with E-state index in [1.54, 1.807) is 0 Å². The van der Waals surface area contributed by atoms with Crippen LogP contribution in [0.15, 0.2) is 29.3 Å². The summed E-state index contributed by atoms with van der Waals surface area (Å²) in [6.07, 6.45) is 1.19. The Balaban J connectivity index is 0.00000338. The highest BCUT2D eigenvalue weighted by molar-refractivity contribution is 14.0. The van der Waals surface area contributed by atoms with E-state index in [0.717, 1.165) is 36.9 Å². The highest BCUT2D eigenvalue weighted by Gasteiger charge is 2.21. The second kappa shape index (κ2) is 12.4. The van der Waals surface area contributed by atoms with Crippen LogP contribution in [0.2, 0.25) is 0 Å². The first-order chi connectivity index (χ1) is 12.1. The van der Waals surface area contributed by atoms with Crippen molar-refractivity contribution in [3.63, 3.8) is 0 Å². The number of rotatable bonds is 6. The topological polar surface area (TPSA) is 56.7 Å². The summed E-state index contributed by atoms with van der Waals surface area (Å²) in [5.41, 5.74) is 1.79. The SMILES string of the molecule is CCNC(=NCCNC(=O)c1cccc(C)c1)N1CCSC(CC)C1.I. The summed E-state index contributed by atoms with van der Waals surface area (Å²) in [5, 5.41) is 7.01. The van der Waals surface area contributed by atoms with Crippen molar-refractivity contribution in [3.05, 3.63) is 35.4 Å². The number of halogens is 1. The lowest BCUT2D eigenvalue weighted by Gasteiger charge is -2.34. The van der Waals surface area contributed by atoms with Crippen molar-refractivity contribution in [2.45, 2.75) is 32.4 Å². The summed E-state index contributed by atoms with van der Waals surface area (Å²) < 4.78 is 0. The zero-order valence-electron chi connectivity index (χ0n) is 16.0. The first-order valence-electron chi connectivity index (χ1n) is 9.13. The first-order valence-corrected chi connectivity index (χ1v) is 10.2. The van der Waals surface area contributed by atoms with Gasteiger partial charge in [0.1, 0.15) is 0 Å². The lowest BCUT2D eigenvalue weighted by atomic mass is 10.1. The standard InChI is InChI=1S/C19H30N4OS.HI/c1-4-17-14-23(11-12-25-17)19(20-5-2)22-10-9-21-18(24)16-8-6-7-15(3)13-16;/h6-8,13,17H,4-5,9-12,14H2,1-3H3,(H,20,22)(H,21,24);1H. The van der Waals surface area contributed by atoms with E-state index < -0.39 is 0 Å². The van der Waals surface area contributed by atoms with Crippen molar-refractivity contribution in [2.75, 3.05) is 38.5 Å². The number of thioether (sulfide) groups is 1. The number of aryl methyl sites for hydroxylation is 1. The Morgan fingerprint density at radius 1 is 1.35 bits per heavy atom. The number of amides is 1. The fraction of sp³-hybridized carbons (Fsp3) is 0.579. The largest absolute Gasteiger partial charge is 0.357 e. The first kappa shape index (κ1) is 23.1. The smallest absolute Gasteiger partial charge is 0.251 e. The third-order valence-electron chi connectivity index (χ3n) is 4.17. The molecule has 1 atom stereocenters. The van der Waals surface area contributed by atoms with Crippen LogP contribution >= 0.6 is 35.7 Å². The van der Waals surface area contributed by atoms with Gasteiger partial charge in [-0.05, 0) is 32.4 Å². The van der Waals surface area contributed by atoms with Gasteiger partial charge in [0.25, 0.3) is 5.91 Å². The number of hydrogen-bond donors (Lipinski definition) is 2. The van der Waals surface area contributed by atoms with Gasteiger partial charge in [-0.2, -0.15) is 11.8 Å². The Morgan fingerprint density at radius 2 is 2.15 bits per heavy atom. The molecule has 1 fully saturated rings. The van der Waals surface area contributed by atoms with Gasteiger partial charge in [-0.3, -0.25) is 9.79 Å². The number of hydrogen-bond acceptors (Lipinski definition) is 3. The summed E-state index contributed by atoms with van der Waals surface area (Å²) in [5.74, 6) is 2.07. The second-order valence-electron chi connectivity index (χ2n) is 6.21. The second-order valence-corrected chi connectivity index (χ2v) is 7.62. The van der Waals surface area contributed by atoms with Crippen molar-refractivity contribution < 1.29 is 4.79 Å². The maximum absolute atomic E-state index is 12.2. The molecular weight excluding hydrogens is 459 g/mol. The molecule has 1 saturated heterocycles. The van der Waals surface area contributed by atoms with Gasteiger partial charge in [0.05, 0.1) is 6.54 Å². The number of carbonyl (C=O) groups is 1. The lowest BCUT2D eigenvalue weighted by Crippen LogP contribution is -2.48. The minimum Gasteiger partial charge on any atom is -0.357 e. The van der Waals surface area contributed by atoms with Gasteiger partial charge in [0.2, 0.25) is 0 Å². The molecule has 146 valence electrons. The van der Waals surface area contributed by atoms with Crippen LogP contribution in [0.3, 0.4) is 0 Å². The zero-order valence-corrected chi connectivity index (χ0v) is 19.1. The fourth-order valence-electron chi connectivity index (χ4n) is 2.80. The number of nitrogens with zero attached hydrogens (tertiary/aromatic N) is 2. The molecule has 0 aliphatic carbocycles. The molecule has 5 nitrogen and oxygen atoms in total. The average Bonchev–Trinajstić information content (AvgIpc) is 2.64. The van der Waals surface area contributed by atoms with Gasteiger partial charge >= 0.3 is 0 Å². The molecule has 0 bridgehead atoms. The molecule has 0 radical (unpaired) electrons. The third-order valence-corrected chi connectivity index (χ3v) is 5.54. The maximum Gasteiger partial charge on any atom is 0.251 e. The van der Waals surface area contributed by atoms with Crippen LogP contribution in [0.1, 0.15) is 36.2 Å². The summed E-state index contributed by atoms with van der Waals surface area (Å²) in [7, 11) is 0. The van der Waals surface area contributed by atoms with E-state index >= 15 is 0 Å². The number of guanidine groups is 1. The quantitative estimate of drug-likeness (QED) is 0.279. The molecule has 1 aliphatic heterocycles. The molecule has 1 aromatic rings. The highest BCUT2D eigenvalue weighted by Crippen LogP contribution is 2.20. The van der Waals surface area contributed by atoms with Crippen molar-refractivity contribution in [2.24, 2.45) is 4.99 Å². The Labute approximate surface area is 178 Å². The van der Waals surface area contributed by atoms with E-state index in [-0.39, 0.29) is 29.9 Å². The number of carbonyl (C=O) groups excluding carboxylic acids is 1. The molecule has 0 aromatic heterocycles. The van der Waals surface area contributed by atoms with Crippen LogP contribution in [0, 0.1) is 6.92 Å². The lowest BCUT2D eigenvalue weighted by molar-refractivity contribution is 0.0954. The predicted molar refractivity (Wildman–Crippen MR) is 123 cm³/mol. The van der Waals surface area contributed by atoms with E-state index in [1.807, 2.05) is 31.2 Å². The summed E-state index contributed by atoms with van der Waals surface area (Å²) in [6, 6.07) is 7.64. The van der Waals surface area contributed by atoms with Crippen molar-refractivity contribution in [3.8, 4) is 0 Å². The minimum atomic E-state index is -0.0377. The van der Waals surface area contributed by atoms with Gasteiger partial charge < -0.3 is 15.5 Å². The van der Waals surface area contributed by atoms with Gasteiger partial charge in [0, 0.05) is 42.7 Å². The summed E-state index contributed by atoms with van der Waals surface area (Å²) in [6.45, 7) is 10.4. The molecule has 0 spiro atoms. The summed E-state index contributed by atoms with van der Waals surface area (Å²) in [4.78, 5) is 19.2. The molecule has 1 aromatic carbocycles. The van der Waals surface area contributed by atoms with Crippen LogP contribution in [-0.2, 0) is 0 Å². The van der Waals surface area contributed by atoms with Crippen molar-refractivity contribution >= 4 is 47.6 Å². The van der Waals surface area contributed by atoms with Crippen LogP contribution in [0.25, 0.3) is 0 Å². The Kier molecular flexibility index (Phi) is 11.0. The van der Waals surface area contributed by atoms with Gasteiger partial charge in [-0.1, -0.05) is 24.6 Å². The molecule has 26 heavy (non-hydrogen) atoms.